The summed E-state index contributed by atoms with van der Waals surface area (Å²) in [5, 5.41) is 0. The van der Waals surface area contributed by atoms with Gasteiger partial charge in [-0.25, -0.2) is 4.21 Å². The minimum absolute atomic E-state index is 0.109. The van der Waals surface area contributed by atoms with Crippen LogP contribution < -0.4 is 5.73 Å². The molecule has 2 N–H and O–H groups in total. The van der Waals surface area contributed by atoms with Crippen LogP contribution in [0.2, 0.25) is 0 Å². The second-order valence-electron chi connectivity index (χ2n) is 3.72. The van der Waals surface area contributed by atoms with Gasteiger partial charge in [-0.1, -0.05) is 0 Å². The van der Waals surface area contributed by atoms with Crippen molar-refractivity contribution in [2.24, 2.45) is 10.1 Å². The van der Waals surface area contributed by atoms with Crippen LogP contribution in [0.4, 0.5) is 13.2 Å². The van der Waals surface area contributed by atoms with Gasteiger partial charge in [-0.3, -0.25) is 4.79 Å². The van der Waals surface area contributed by atoms with Crippen molar-refractivity contribution in [3.05, 3.63) is 0 Å². The Bertz CT molecular complexity index is 385. The number of hydrogen-bond donors (Lipinski definition) is 1. The molecule has 0 radical (unpaired) electrons. The van der Waals surface area contributed by atoms with Gasteiger partial charge in [0.15, 0.2) is 0 Å². The normalized spacial score (nSPS) is 31.2. The van der Waals surface area contributed by atoms with Crippen LogP contribution in [0.15, 0.2) is 4.36 Å². The Morgan fingerprint density at radius 1 is 1.50 bits per heavy atom. The molecule has 0 saturated carbocycles. The predicted octanol–water partition coefficient (Wildman–Crippen LogP) is 1.05. The second kappa shape index (κ2) is 4.70. The van der Waals surface area contributed by atoms with Crippen molar-refractivity contribution in [3.63, 3.8) is 0 Å². The summed E-state index contributed by atoms with van der Waals surface area (Å²) in [5.74, 6) is -0.744. The number of alkyl halides is 3. The average Bonchev–Trinajstić information content (AvgIpc) is 2.10. The van der Waals surface area contributed by atoms with E-state index in [1.54, 1.807) is 0 Å². The number of amides is 1. The first-order valence-corrected chi connectivity index (χ1v) is 6.66. The molecule has 8 heteroatoms. The van der Waals surface area contributed by atoms with Crippen LogP contribution in [-0.2, 0) is 14.5 Å². The van der Waals surface area contributed by atoms with E-state index in [0.29, 0.717) is 0 Å². The fraction of sp³-hybridized carbons (Fsp3) is 0.875. The van der Waals surface area contributed by atoms with Crippen molar-refractivity contribution in [2.75, 3.05) is 11.5 Å². The van der Waals surface area contributed by atoms with Crippen LogP contribution in [-0.4, -0.2) is 33.8 Å². The maximum absolute atomic E-state index is 11.9. The summed E-state index contributed by atoms with van der Waals surface area (Å²) in [5.41, 5.74) is 5.35. The predicted molar refractivity (Wildman–Crippen MR) is 53.2 cm³/mol. The van der Waals surface area contributed by atoms with Crippen molar-refractivity contribution < 1.29 is 22.2 Å². The molecule has 1 aliphatic heterocycles. The molecule has 0 aromatic heterocycles. The molecule has 0 aromatic rings. The fourth-order valence-electron chi connectivity index (χ4n) is 1.36. The van der Waals surface area contributed by atoms with E-state index in [1.165, 1.54) is 0 Å². The lowest BCUT2D eigenvalue weighted by Crippen LogP contribution is -2.36. The fourth-order valence-corrected chi connectivity index (χ4v) is 3.43. The van der Waals surface area contributed by atoms with Crippen LogP contribution in [0.1, 0.15) is 19.3 Å². The van der Waals surface area contributed by atoms with Crippen LogP contribution >= 0.6 is 0 Å². The van der Waals surface area contributed by atoms with Gasteiger partial charge in [0.05, 0.1) is 15.8 Å². The molecule has 0 aromatic carbocycles. The van der Waals surface area contributed by atoms with E-state index in [0.717, 1.165) is 0 Å². The van der Waals surface area contributed by atoms with Crippen molar-refractivity contribution in [1.82, 2.24) is 0 Å². The number of nitrogens with zero attached hydrogens (tertiary/aromatic N) is 1. The van der Waals surface area contributed by atoms with Gasteiger partial charge in [0.2, 0.25) is 0 Å². The van der Waals surface area contributed by atoms with E-state index >= 15 is 0 Å². The number of carbonyl (C=O) groups is 1. The van der Waals surface area contributed by atoms with Gasteiger partial charge in [-0.2, -0.15) is 17.5 Å². The maximum Gasteiger partial charge on any atom is 0.389 e. The Balaban J connectivity index is 2.57. The lowest BCUT2D eigenvalue weighted by Gasteiger charge is -2.18. The molecular formula is C8H13F3N2O2S. The highest BCUT2D eigenvalue weighted by Crippen LogP contribution is 2.22. The van der Waals surface area contributed by atoms with Crippen LogP contribution in [0.5, 0.6) is 0 Å². The third kappa shape index (κ3) is 4.09. The SMILES string of the molecule is N[C@H]1CC[S@@](=O)(CCCC(F)(F)F)=NC1=O. The summed E-state index contributed by atoms with van der Waals surface area (Å²) in [6, 6.07) is -0.753. The average molecular weight is 258 g/mol. The third-order valence-corrected chi connectivity index (χ3v) is 4.56. The molecule has 1 rings (SSSR count). The van der Waals surface area contributed by atoms with Gasteiger partial charge in [-0.05, 0) is 12.8 Å². The monoisotopic (exact) mass is 258 g/mol. The molecule has 16 heavy (non-hydrogen) atoms. The first kappa shape index (κ1) is 13.4. The van der Waals surface area contributed by atoms with Crippen LogP contribution in [0, 0.1) is 0 Å². The Morgan fingerprint density at radius 3 is 2.62 bits per heavy atom. The molecule has 0 spiro atoms. The van der Waals surface area contributed by atoms with Crippen LogP contribution in [0.3, 0.4) is 0 Å². The van der Waals surface area contributed by atoms with E-state index < -0.39 is 34.3 Å². The number of rotatable bonds is 3. The summed E-state index contributed by atoms with van der Waals surface area (Å²) >= 11 is 0. The lowest BCUT2D eigenvalue weighted by molar-refractivity contribution is -0.134. The van der Waals surface area contributed by atoms with Gasteiger partial charge >= 0.3 is 6.18 Å². The van der Waals surface area contributed by atoms with E-state index in [4.69, 9.17) is 5.73 Å². The second-order valence-corrected chi connectivity index (χ2v) is 6.27. The molecule has 0 unspecified atom stereocenters. The molecule has 1 heterocycles. The summed E-state index contributed by atoms with van der Waals surface area (Å²) in [4.78, 5) is 11.1. The maximum atomic E-state index is 11.9. The quantitative estimate of drug-likeness (QED) is 0.822. The van der Waals surface area contributed by atoms with Gasteiger partial charge in [0.25, 0.3) is 5.91 Å². The Morgan fingerprint density at radius 2 is 2.12 bits per heavy atom. The zero-order chi connectivity index (χ0) is 12.4. The molecule has 0 bridgehead atoms. The molecule has 0 aliphatic carbocycles. The van der Waals surface area contributed by atoms with Crippen molar-refractivity contribution in [2.45, 2.75) is 31.5 Å². The minimum atomic E-state index is -4.26. The number of nitrogens with two attached hydrogens (primary N) is 1. The largest absolute Gasteiger partial charge is 0.389 e. The smallest absolute Gasteiger partial charge is 0.320 e. The van der Waals surface area contributed by atoms with Crippen molar-refractivity contribution in [1.29, 1.82) is 0 Å². The summed E-state index contributed by atoms with van der Waals surface area (Å²) < 4.78 is 50.8. The lowest BCUT2D eigenvalue weighted by atomic mass is 10.2. The first-order chi connectivity index (χ1) is 7.22. The Labute approximate surface area is 91.6 Å². The number of halogens is 3. The van der Waals surface area contributed by atoms with Gasteiger partial charge in [-0.15, -0.1) is 0 Å². The number of hydrogen-bond acceptors (Lipinski definition) is 3. The molecular weight excluding hydrogens is 245 g/mol. The van der Waals surface area contributed by atoms with Crippen LogP contribution in [0.25, 0.3) is 0 Å². The number of carbonyl (C=O) groups excluding carboxylic acids is 1. The zero-order valence-electron chi connectivity index (χ0n) is 8.50. The zero-order valence-corrected chi connectivity index (χ0v) is 9.31. The molecule has 4 nitrogen and oxygen atoms in total. The van der Waals surface area contributed by atoms with Gasteiger partial charge in [0, 0.05) is 17.9 Å². The summed E-state index contributed by atoms with van der Waals surface area (Å²) in [6.45, 7) is 0. The van der Waals surface area contributed by atoms with Gasteiger partial charge < -0.3 is 5.73 Å². The first-order valence-electron chi connectivity index (χ1n) is 4.81. The van der Waals surface area contributed by atoms with E-state index in [2.05, 4.69) is 4.36 Å². The molecule has 0 saturated heterocycles. The van der Waals surface area contributed by atoms with E-state index in [9.17, 15) is 22.2 Å². The highest BCUT2D eigenvalue weighted by atomic mass is 32.2. The Hall–Kier alpha value is -0.630. The highest BCUT2D eigenvalue weighted by molar-refractivity contribution is 7.93. The van der Waals surface area contributed by atoms with Crippen molar-refractivity contribution >= 4 is 15.6 Å². The standard InChI is InChI=1S/C8H13F3N2O2S/c9-8(10,11)3-1-4-16(15)5-2-6(12)7(14)13-16/h6H,1-5,12H2/t6-,16-/m0/s1. The Kier molecular flexibility index (Phi) is 3.95. The summed E-state index contributed by atoms with van der Waals surface area (Å²) in [7, 11) is -2.80. The van der Waals surface area contributed by atoms with E-state index in [-0.39, 0.29) is 24.3 Å². The highest BCUT2D eigenvalue weighted by Gasteiger charge is 2.29. The third-order valence-electron chi connectivity index (χ3n) is 2.24. The molecule has 1 aliphatic rings. The molecule has 1 amide bonds. The van der Waals surface area contributed by atoms with E-state index in [1.807, 2.05) is 0 Å². The topological polar surface area (TPSA) is 72.5 Å². The molecule has 94 valence electrons. The van der Waals surface area contributed by atoms with Gasteiger partial charge in [0.1, 0.15) is 0 Å². The molecule has 0 fully saturated rings. The molecule has 2 atom stereocenters. The summed E-state index contributed by atoms with van der Waals surface area (Å²) in [6.07, 6.45) is -5.30. The van der Waals surface area contributed by atoms with Crippen molar-refractivity contribution in [3.8, 4) is 0 Å². The minimum Gasteiger partial charge on any atom is -0.320 e.